The Morgan fingerprint density at radius 1 is 0.818 bits per heavy atom. The fourth-order valence-electron chi connectivity index (χ4n) is 3.66. The quantitative estimate of drug-likeness (QED) is 0.577. The highest BCUT2D eigenvalue weighted by Crippen LogP contribution is 2.39. The highest BCUT2D eigenvalue weighted by atomic mass is 14.3. The molecule has 0 heteroatoms. The first-order valence-corrected chi connectivity index (χ1v) is 8.75. The number of hydrogen-bond donors (Lipinski definition) is 0. The molecule has 0 aromatic heterocycles. The second kappa shape index (κ2) is 6.28. The van der Waals surface area contributed by atoms with E-state index in [0.29, 0.717) is 0 Å². The molecule has 0 saturated heterocycles. The normalized spacial score (nSPS) is 16.7. The Kier molecular flexibility index (Phi) is 4.38. The van der Waals surface area contributed by atoms with Crippen molar-refractivity contribution in [1.29, 1.82) is 0 Å². The van der Waals surface area contributed by atoms with Gasteiger partial charge in [0.25, 0.3) is 0 Å². The van der Waals surface area contributed by atoms with Crippen molar-refractivity contribution in [2.24, 2.45) is 0 Å². The van der Waals surface area contributed by atoms with E-state index in [1.165, 1.54) is 48.8 Å². The zero-order valence-corrected chi connectivity index (χ0v) is 14.2. The molecule has 1 aliphatic carbocycles. The van der Waals surface area contributed by atoms with Crippen LogP contribution in [0.2, 0.25) is 0 Å². The zero-order valence-electron chi connectivity index (χ0n) is 14.2. The van der Waals surface area contributed by atoms with Gasteiger partial charge in [0.05, 0.1) is 0 Å². The van der Waals surface area contributed by atoms with E-state index in [-0.39, 0.29) is 5.41 Å². The second-order valence-corrected chi connectivity index (χ2v) is 7.75. The minimum atomic E-state index is 0.203. The minimum absolute atomic E-state index is 0.203. The van der Waals surface area contributed by atoms with Crippen molar-refractivity contribution in [3.8, 4) is 11.1 Å². The molecule has 0 N–H and O–H groups in total. The SMILES string of the molecule is CC(C)(C)c1ccc(C2CCCCC2)c(-c2ccccc2)c1. The monoisotopic (exact) mass is 292 g/mol. The van der Waals surface area contributed by atoms with Crippen LogP contribution in [0.5, 0.6) is 0 Å². The fourth-order valence-corrected chi connectivity index (χ4v) is 3.66. The first-order valence-electron chi connectivity index (χ1n) is 8.75. The molecule has 0 aliphatic heterocycles. The molecule has 0 heterocycles. The maximum Gasteiger partial charge on any atom is -0.0132 e. The van der Waals surface area contributed by atoms with Crippen molar-refractivity contribution >= 4 is 0 Å². The number of rotatable bonds is 2. The third-order valence-electron chi connectivity index (χ3n) is 5.05. The molecule has 0 amide bonds. The van der Waals surface area contributed by atoms with Crippen LogP contribution in [-0.4, -0.2) is 0 Å². The first-order chi connectivity index (χ1) is 10.6. The molecule has 0 bridgehead atoms. The summed E-state index contributed by atoms with van der Waals surface area (Å²) in [6, 6.07) is 18.2. The Hall–Kier alpha value is -1.56. The molecular formula is C22H28. The third kappa shape index (κ3) is 3.27. The van der Waals surface area contributed by atoms with Crippen LogP contribution in [-0.2, 0) is 5.41 Å². The summed E-state index contributed by atoms with van der Waals surface area (Å²) >= 11 is 0. The molecule has 0 unspecified atom stereocenters. The number of benzene rings is 2. The third-order valence-corrected chi connectivity index (χ3v) is 5.05. The molecule has 2 aromatic carbocycles. The van der Waals surface area contributed by atoms with Gasteiger partial charge in [0.15, 0.2) is 0 Å². The lowest BCUT2D eigenvalue weighted by molar-refractivity contribution is 0.444. The fraction of sp³-hybridized carbons (Fsp3) is 0.455. The molecule has 22 heavy (non-hydrogen) atoms. The van der Waals surface area contributed by atoms with Gasteiger partial charge in [-0.2, -0.15) is 0 Å². The van der Waals surface area contributed by atoms with Crippen LogP contribution < -0.4 is 0 Å². The van der Waals surface area contributed by atoms with Crippen LogP contribution in [0.15, 0.2) is 48.5 Å². The summed E-state index contributed by atoms with van der Waals surface area (Å²) < 4.78 is 0. The van der Waals surface area contributed by atoms with Gasteiger partial charge in [0.2, 0.25) is 0 Å². The van der Waals surface area contributed by atoms with E-state index in [0.717, 1.165) is 5.92 Å². The van der Waals surface area contributed by atoms with Crippen LogP contribution in [0, 0.1) is 0 Å². The van der Waals surface area contributed by atoms with Gasteiger partial charge in [-0.15, -0.1) is 0 Å². The Morgan fingerprint density at radius 2 is 1.50 bits per heavy atom. The van der Waals surface area contributed by atoms with Crippen molar-refractivity contribution in [1.82, 2.24) is 0 Å². The van der Waals surface area contributed by atoms with E-state index >= 15 is 0 Å². The van der Waals surface area contributed by atoms with Crippen LogP contribution in [0.3, 0.4) is 0 Å². The van der Waals surface area contributed by atoms with Crippen molar-refractivity contribution in [2.75, 3.05) is 0 Å². The molecule has 1 saturated carbocycles. The Morgan fingerprint density at radius 3 is 2.14 bits per heavy atom. The molecule has 3 rings (SSSR count). The van der Waals surface area contributed by atoms with Crippen LogP contribution in [0.25, 0.3) is 11.1 Å². The maximum atomic E-state index is 2.44. The van der Waals surface area contributed by atoms with Crippen molar-refractivity contribution in [3.05, 3.63) is 59.7 Å². The van der Waals surface area contributed by atoms with E-state index in [1.54, 1.807) is 5.56 Å². The van der Waals surface area contributed by atoms with Gasteiger partial charge in [-0.05, 0) is 46.4 Å². The molecule has 0 radical (unpaired) electrons. The van der Waals surface area contributed by atoms with Crippen molar-refractivity contribution in [3.63, 3.8) is 0 Å². The molecule has 0 atom stereocenters. The van der Waals surface area contributed by atoms with Crippen LogP contribution >= 0.6 is 0 Å². The Labute approximate surface area is 135 Å². The van der Waals surface area contributed by atoms with Crippen molar-refractivity contribution < 1.29 is 0 Å². The average Bonchev–Trinajstić information content (AvgIpc) is 2.55. The molecular weight excluding hydrogens is 264 g/mol. The lowest BCUT2D eigenvalue weighted by Gasteiger charge is -2.27. The predicted octanol–water partition coefficient (Wildman–Crippen LogP) is 6.70. The van der Waals surface area contributed by atoms with Gasteiger partial charge < -0.3 is 0 Å². The first kappa shape index (κ1) is 15.3. The summed E-state index contributed by atoms with van der Waals surface area (Å²) in [6.07, 6.45) is 6.90. The molecule has 116 valence electrons. The van der Waals surface area contributed by atoms with Gasteiger partial charge >= 0.3 is 0 Å². The molecule has 0 spiro atoms. The topological polar surface area (TPSA) is 0 Å². The molecule has 1 fully saturated rings. The van der Waals surface area contributed by atoms with Gasteiger partial charge in [-0.3, -0.25) is 0 Å². The standard InChI is InChI=1S/C22H28/c1-22(2,3)19-14-15-20(17-10-6-4-7-11-17)21(16-19)18-12-8-5-9-13-18/h5,8-9,12-17H,4,6-7,10-11H2,1-3H3. The average molecular weight is 292 g/mol. The van der Waals surface area contributed by atoms with E-state index in [2.05, 4.69) is 69.3 Å². The summed E-state index contributed by atoms with van der Waals surface area (Å²) in [4.78, 5) is 0. The maximum absolute atomic E-state index is 2.44. The van der Waals surface area contributed by atoms with E-state index in [4.69, 9.17) is 0 Å². The smallest absolute Gasteiger partial charge is 0.0132 e. The summed E-state index contributed by atoms with van der Waals surface area (Å²) in [5, 5.41) is 0. The van der Waals surface area contributed by atoms with E-state index in [1.807, 2.05) is 0 Å². The molecule has 0 nitrogen and oxygen atoms in total. The number of hydrogen-bond acceptors (Lipinski definition) is 0. The molecule has 1 aliphatic rings. The van der Waals surface area contributed by atoms with E-state index < -0.39 is 0 Å². The summed E-state index contributed by atoms with van der Waals surface area (Å²) in [5.74, 6) is 0.748. The Balaban J connectivity index is 2.09. The summed E-state index contributed by atoms with van der Waals surface area (Å²) in [5.41, 5.74) is 6.04. The Bertz CT molecular complexity index is 610. The van der Waals surface area contributed by atoms with Gasteiger partial charge in [0, 0.05) is 0 Å². The lowest BCUT2D eigenvalue weighted by atomic mass is 9.78. The van der Waals surface area contributed by atoms with Crippen LogP contribution in [0.4, 0.5) is 0 Å². The zero-order chi connectivity index (χ0) is 15.6. The highest BCUT2D eigenvalue weighted by Gasteiger charge is 2.21. The minimum Gasteiger partial charge on any atom is -0.0622 e. The highest BCUT2D eigenvalue weighted by molar-refractivity contribution is 5.69. The van der Waals surface area contributed by atoms with E-state index in [9.17, 15) is 0 Å². The largest absolute Gasteiger partial charge is 0.0622 e. The van der Waals surface area contributed by atoms with Gasteiger partial charge in [-0.1, -0.05) is 88.6 Å². The van der Waals surface area contributed by atoms with Crippen molar-refractivity contribution in [2.45, 2.75) is 64.2 Å². The van der Waals surface area contributed by atoms with Crippen LogP contribution in [0.1, 0.15) is 69.9 Å². The van der Waals surface area contributed by atoms with Gasteiger partial charge in [0.1, 0.15) is 0 Å². The second-order valence-electron chi connectivity index (χ2n) is 7.75. The summed E-state index contributed by atoms with van der Waals surface area (Å²) in [6.45, 7) is 6.91. The van der Waals surface area contributed by atoms with Gasteiger partial charge in [-0.25, -0.2) is 0 Å². The predicted molar refractivity (Wildman–Crippen MR) is 96.4 cm³/mol. The summed E-state index contributed by atoms with van der Waals surface area (Å²) in [7, 11) is 0. The molecule has 2 aromatic rings. The lowest BCUT2D eigenvalue weighted by Crippen LogP contribution is -2.13.